The highest BCUT2D eigenvalue weighted by atomic mass is 32.2. The van der Waals surface area contributed by atoms with Gasteiger partial charge in [0.05, 0.1) is 12.3 Å². The van der Waals surface area contributed by atoms with Crippen LogP contribution in [0, 0.1) is 23.2 Å². The van der Waals surface area contributed by atoms with E-state index in [1.807, 2.05) is 6.07 Å². The zero-order chi connectivity index (χ0) is 20.8. The molecule has 0 amide bonds. The van der Waals surface area contributed by atoms with Crippen LogP contribution in [0.25, 0.3) is 5.69 Å². The molecule has 5 nitrogen and oxygen atoms in total. The number of hydrogen-bond acceptors (Lipinski definition) is 5. The van der Waals surface area contributed by atoms with Gasteiger partial charge < -0.3 is 0 Å². The second kappa shape index (κ2) is 8.04. The Kier molecular flexibility index (Phi) is 5.18. The molecule has 31 heavy (non-hydrogen) atoms. The summed E-state index contributed by atoms with van der Waals surface area (Å²) in [5.41, 5.74) is 1.06. The fraction of sp³-hybridized carbons (Fsp3) is 0.640. The topological polar surface area (TPSA) is 51.0 Å². The van der Waals surface area contributed by atoms with E-state index in [1.54, 1.807) is 11.8 Å². The van der Waals surface area contributed by atoms with Gasteiger partial charge in [0.15, 0.2) is 11.0 Å². The van der Waals surface area contributed by atoms with E-state index in [0.717, 1.165) is 73.3 Å². The molecule has 6 heteroatoms. The predicted octanol–water partition coefficient (Wildman–Crippen LogP) is 4.74. The van der Waals surface area contributed by atoms with Gasteiger partial charge in [-0.2, -0.15) is 0 Å². The molecule has 2 heterocycles. The molecule has 2 aromatic rings. The maximum atomic E-state index is 13.5. The minimum atomic E-state index is -0.0300. The molecule has 0 unspecified atom stereocenters. The average molecular weight is 437 g/mol. The number of rotatable bonds is 7. The lowest BCUT2D eigenvalue weighted by Gasteiger charge is -2.56. The van der Waals surface area contributed by atoms with Crippen molar-refractivity contribution in [3.8, 4) is 5.69 Å². The van der Waals surface area contributed by atoms with E-state index in [2.05, 4.69) is 43.9 Å². The third-order valence-electron chi connectivity index (χ3n) is 8.24. The zero-order valence-corrected chi connectivity index (χ0v) is 19.0. The number of aromatic nitrogens is 3. The molecule has 4 saturated carbocycles. The molecule has 1 aromatic carbocycles. The van der Waals surface area contributed by atoms with Gasteiger partial charge in [0.1, 0.15) is 5.78 Å². The molecule has 0 N–H and O–H groups in total. The largest absolute Gasteiger partial charge is 0.298 e. The Morgan fingerprint density at radius 2 is 1.61 bits per heavy atom. The smallest absolute Gasteiger partial charge is 0.196 e. The molecular formula is C25H32N4OS. The van der Waals surface area contributed by atoms with Crippen molar-refractivity contribution in [2.24, 2.45) is 23.2 Å². The maximum absolute atomic E-state index is 13.5. The first-order valence-electron chi connectivity index (χ1n) is 12.1. The maximum Gasteiger partial charge on any atom is 0.196 e. The summed E-state index contributed by atoms with van der Waals surface area (Å²) in [7, 11) is 0. The van der Waals surface area contributed by atoms with Crippen LogP contribution in [0.4, 0.5) is 0 Å². The molecule has 4 bridgehead atoms. The quantitative estimate of drug-likeness (QED) is 0.587. The number of likely N-dealkylation sites (tertiary alicyclic amines) is 1. The number of para-hydroxylation sites is 1. The van der Waals surface area contributed by atoms with Gasteiger partial charge >= 0.3 is 0 Å². The van der Waals surface area contributed by atoms with Gasteiger partial charge in [-0.25, -0.2) is 0 Å². The molecule has 1 saturated heterocycles. The van der Waals surface area contributed by atoms with E-state index in [9.17, 15) is 4.79 Å². The van der Waals surface area contributed by atoms with Crippen LogP contribution in [-0.2, 0) is 11.3 Å². The summed E-state index contributed by atoms with van der Waals surface area (Å²) in [6, 6.07) is 10.4. The Morgan fingerprint density at radius 1 is 0.968 bits per heavy atom. The van der Waals surface area contributed by atoms with E-state index < -0.39 is 0 Å². The Bertz CT molecular complexity index is 914. The van der Waals surface area contributed by atoms with E-state index >= 15 is 0 Å². The van der Waals surface area contributed by atoms with Crippen LogP contribution in [0.2, 0.25) is 0 Å². The van der Waals surface area contributed by atoms with Crippen LogP contribution < -0.4 is 0 Å². The highest BCUT2D eigenvalue weighted by molar-refractivity contribution is 7.99. The predicted molar refractivity (Wildman–Crippen MR) is 122 cm³/mol. The normalized spacial score (nSPS) is 32.1. The summed E-state index contributed by atoms with van der Waals surface area (Å²) < 4.78 is 2.18. The lowest BCUT2D eigenvalue weighted by atomic mass is 9.48. The molecular weight excluding hydrogens is 404 g/mol. The second-order valence-corrected chi connectivity index (χ2v) is 11.4. The first-order chi connectivity index (χ1) is 15.2. The standard InChI is InChI=1S/C25H32N4OS/c30-22(25-13-18-10-19(14-25)12-20(11-18)15-25)17-31-24-27-26-23(16-28-8-4-5-9-28)29(24)21-6-2-1-3-7-21/h1-3,6-7,18-20H,4-5,8-17H2. The molecule has 4 aliphatic carbocycles. The Morgan fingerprint density at radius 3 is 2.26 bits per heavy atom. The molecule has 164 valence electrons. The van der Waals surface area contributed by atoms with Gasteiger partial charge in [-0.1, -0.05) is 30.0 Å². The Hall–Kier alpha value is -1.66. The fourth-order valence-corrected chi connectivity index (χ4v) is 8.21. The fourth-order valence-electron chi connectivity index (χ4n) is 7.21. The summed E-state index contributed by atoms with van der Waals surface area (Å²) in [4.78, 5) is 16.0. The average Bonchev–Trinajstić information content (AvgIpc) is 3.42. The second-order valence-electron chi connectivity index (χ2n) is 10.5. The number of ketones is 1. The number of hydrogen-bond donors (Lipinski definition) is 0. The van der Waals surface area contributed by atoms with Gasteiger partial charge in [-0.15, -0.1) is 10.2 Å². The van der Waals surface area contributed by atoms with Crippen molar-refractivity contribution < 1.29 is 4.79 Å². The lowest BCUT2D eigenvalue weighted by Crippen LogP contribution is -2.50. The van der Waals surface area contributed by atoms with Crippen LogP contribution in [-0.4, -0.2) is 44.3 Å². The first kappa shape index (κ1) is 20.0. The first-order valence-corrected chi connectivity index (χ1v) is 13.1. The van der Waals surface area contributed by atoms with Gasteiger partial charge in [-0.3, -0.25) is 14.3 Å². The molecule has 5 fully saturated rings. The molecule has 1 aliphatic heterocycles. The summed E-state index contributed by atoms with van der Waals surface area (Å²) in [6.45, 7) is 3.09. The monoisotopic (exact) mass is 436 g/mol. The van der Waals surface area contributed by atoms with Crippen LogP contribution in [0.1, 0.15) is 57.2 Å². The van der Waals surface area contributed by atoms with Crippen molar-refractivity contribution in [2.75, 3.05) is 18.8 Å². The van der Waals surface area contributed by atoms with Crippen LogP contribution in [0.15, 0.2) is 35.5 Å². The lowest BCUT2D eigenvalue weighted by molar-refractivity contribution is -0.141. The van der Waals surface area contributed by atoms with E-state index in [-0.39, 0.29) is 5.41 Å². The molecule has 0 spiro atoms. The summed E-state index contributed by atoms with van der Waals surface area (Å²) in [5, 5.41) is 9.98. The van der Waals surface area contributed by atoms with Crippen molar-refractivity contribution in [3.05, 3.63) is 36.2 Å². The van der Waals surface area contributed by atoms with Crippen molar-refractivity contribution in [1.29, 1.82) is 0 Å². The van der Waals surface area contributed by atoms with Crippen LogP contribution in [0.5, 0.6) is 0 Å². The third-order valence-corrected chi connectivity index (χ3v) is 9.17. The van der Waals surface area contributed by atoms with Gasteiger partial charge in [0.25, 0.3) is 0 Å². The third kappa shape index (κ3) is 3.76. The number of nitrogens with zero attached hydrogens (tertiary/aromatic N) is 4. The van der Waals surface area contributed by atoms with Crippen molar-refractivity contribution in [2.45, 2.75) is 63.1 Å². The van der Waals surface area contributed by atoms with E-state index in [1.165, 1.54) is 32.1 Å². The number of carbonyl (C=O) groups is 1. The molecule has 0 radical (unpaired) electrons. The van der Waals surface area contributed by atoms with Crippen molar-refractivity contribution >= 4 is 17.5 Å². The highest BCUT2D eigenvalue weighted by Crippen LogP contribution is 2.60. The minimum Gasteiger partial charge on any atom is -0.298 e. The van der Waals surface area contributed by atoms with Gasteiger partial charge in [0, 0.05) is 11.1 Å². The van der Waals surface area contributed by atoms with Crippen molar-refractivity contribution in [3.63, 3.8) is 0 Å². The Balaban J connectivity index is 1.22. The van der Waals surface area contributed by atoms with Gasteiger partial charge in [0.2, 0.25) is 0 Å². The van der Waals surface area contributed by atoms with E-state index in [4.69, 9.17) is 0 Å². The summed E-state index contributed by atoms with van der Waals surface area (Å²) >= 11 is 1.60. The molecule has 0 atom stereocenters. The number of thioether (sulfide) groups is 1. The summed E-state index contributed by atoms with van der Waals surface area (Å²) in [5.74, 6) is 4.40. The van der Waals surface area contributed by atoms with E-state index in [0.29, 0.717) is 11.5 Å². The minimum absolute atomic E-state index is 0.0300. The van der Waals surface area contributed by atoms with Crippen LogP contribution >= 0.6 is 11.8 Å². The summed E-state index contributed by atoms with van der Waals surface area (Å²) in [6.07, 6.45) is 10.1. The number of benzene rings is 1. The Labute approximate surface area is 189 Å². The number of Topliss-reactive ketones (excluding diaryl/α,β-unsaturated/α-hetero) is 1. The zero-order valence-electron chi connectivity index (χ0n) is 18.2. The molecule has 5 aliphatic rings. The van der Waals surface area contributed by atoms with Gasteiger partial charge in [-0.05, 0) is 94.3 Å². The highest BCUT2D eigenvalue weighted by Gasteiger charge is 2.54. The molecule has 1 aromatic heterocycles. The molecule has 7 rings (SSSR count). The van der Waals surface area contributed by atoms with Crippen molar-refractivity contribution in [1.82, 2.24) is 19.7 Å². The number of carbonyl (C=O) groups excluding carboxylic acids is 1. The van der Waals surface area contributed by atoms with Crippen LogP contribution in [0.3, 0.4) is 0 Å². The SMILES string of the molecule is O=C(CSc1nnc(CN2CCCC2)n1-c1ccccc1)C12CC3CC(CC(C3)C1)C2.